The van der Waals surface area contributed by atoms with Crippen molar-refractivity contribution in [3.8, 4) is 0 Å². The molecule has 0 aliphatic heterocycles. The Morgan fingerprint density at radius 3 is 2.35 bits per heavy atom. The number of carbonyl (C=O) groups excluding carboxylic acids is 1. The molecule has 1 aromatic rings. The zero-order valence-electron chi connectivity index (χ0n) is 10.9. The van der Waals surface area contributed by atoms with Crippen LogP contribution in [0, 0.1) is 5.92 Å². The van der Waals surface area contributed by atoms with E-state index in [2.05, 4.69) is 13.8 Å². The molecule has 0 radical (unpaired) electrons. The number of amides is 1. The standard InChI is InChI=1S/C14H22N2O/c1-4-16(10-11(2)3)14(17)9-12-5-7-13(15)8-6-12/h5-8,11H,4,9-10,15H2,1-3H3. The Hall–Kier alpha value is -1.51. The SMILES string of the molecule is CCN(CC(C)C)C(=O)Cc1ccc(N)cc1. The third kappa shape index (κ3) is 4.47. The van der Waals surface area contributed by atoms with Gasteiger partial charge in [-0.1, -0.05) is 26.0 Å². The zero-order chi connectivity index (χ0) is 12.8. The van der Waals surface area contributed by atoms with E-state index in [9.17, 15) is 4.79 Å². The predicted molar refractivity (Wildman–Crippen MR) is 71.7 cm³/mol. The van der Waals surface area contributed by atoms with Gasteiger partial charge in [-0.15, -0.1) is 0 Å². The second-order valence-electron chi connectivity index (χ2n) is 4.74. The number of hydrogen-bond donors (Lipinski definition) is 1. The fourth-order valence-corrected chi connectivity index (χ4v) is 1.77. The van der Waals surface area contributed by atoms with E-state index in [-0.39, 0.29) is 5.91 Å². The Balaban J connectivity index is 2.60. The van der Waals surface area contributed by atoms with Crippen LogP contribution in [0.2, 0.25) is 0 Å². The third-order valence-electron chi connectivity index (χ3n) is 2.66. The van der Waals surface area contributed by atoms with Crippen LogP contribution in [-0.2, 0) is 11.2 Å². The first-order valence-corrected chi connectivity index (χ1v) is 6.15. The lowest BCUT2D eigenvalue weighted by Crippen LogP contribution is -2.35. The van der Waals surface area contributed by atoms with Gasteiger partial charge in [-0.3, -0.25) is 4.79 Å². The Kier molecular flexibility index (Phi) is 5.01. The molecule has 0 aliphatic carbocycles. The number of carbonyl (C=O) groups is 1. The Morgan fingerprint density at radius 2 is 1.88 bits per heavy atom. The Bertz CT molecular complexity index is 357. The fourth-order valence-electron chi connectivity index (χ4n) is 1.77. The molecule has 0 heterocycles. The molecule has 17 heavy (non-hydrogen) atoms. The molecule has 0 saturated carbocycles. The van der Waals surface area contributed by atoms with Crippen LogP contribution in [0.4, 0.5) is 5.69 Å². The molecule has 1 amide bonds. The number of nitrogens with zero attached hydrogens (tertiary/aromatic N) is 1. The van der Waals surface area contributed by atoms with Crippen LogP contribution in [0.5, 0.6) is 0 Å². The van der Waals surface area contributed by atoms with Crippen LogP contribution >= 0.6 is 0 Å². The molecule has 0 bridgehead atoms. The van der Waals surface area contributed by atoms with Crippen molar-refractivity contribution in [3.63, 3.8) is 0 Å². The lowest BCUT2D eigenvalue weighted by Gasteiger charge is -2.23. The van der Waals surface area contributed by atoms with E-state index < -0.39 is 0 Å². The molecule has 3 nitrogen and oxygen atoms in total. The summed E-state index contributed by atoms with van der Waals surface area (Å²) < 4.78 is 0. The summed E-state index contributed by atoms with van der Waals surface area (Å²) in [5.41, 5.74) is 7.37. The summed E-state index contributed by atoms with van der Waals surface area (Å²) >= 11 is 0. The van der Waals surface area contributed by atoms with Crippen LogP contribution in [0.15, 0.2) is 24.3 Å². The summed E-state index contributed by atoms with van der Waals surface area (Å²) in [5, 5.41) is 0. The quantitative estimate of drug-likeness (QED) is 0.795. The van der Waals surface area contributed by atoms with Crippen molar-refractivity contribution in [2.45, 2.75) is 27.2 Å². The number of anilines is 1. The van der Waals surface area contributed by atoms with Gasteiger partial charge in [-0.2, -0.15) is 0 Å². The highest BCUT2D eigenvalue weighted by molar-refractivity contribution is 5.78. The van der Waals surface area contributed by atoms with Crippen molar-refractivity contribution in [2.75, 3.05) is 18.8 Å². The molecule has 1 rings (SSSR count). The van der Waals surface area contributed by atoms with E-state index in [0.717, 1.165) is 24.3 Å². The van der Waals surface area contributed by atoms with Gasteiger partial charge in [0, 0.05) is 18.8 Å². The second-order valence-corrected chi connectivity index (χ2v) is 4.74. The molecule has 0 atom stereocenters. The molecule has 0 saturated heterocycles. The van der Waals surface area contributed by atoms with Gasteiger partial charge in [-0.05, 0) is 30.5 Å². The Morgan fingerprint density at radius 1 is 1.29 bits per heavy atom. The number of likely N-dealkylation sites (N-methyl/N-ethyl adjacent to an activating group) is 1. The minimum atomic E-state index is 0.186. The minimum absolute atomic E-state index is 0.186. The molecule has 3 heteroatoms. The van der Waals surface area contributed by atoms with Crippen LogP contribution < -0.4 is 5.73 Å². The summed E-state index contributed by atoms with van der Waals surface area (Å²) in [4.78, 5) is 14.0. The molecule has 0 aliphatic rings. The van der Waals surface area contributed by atoms with E-state index in [1.165, 1.54) is 0 Å². The number of hydrogen-bond acceptors (Lipinski definition) is 2. The number of nitrogens with two attached hydrogens (primary N) is 1. The summed E-state index contributed by atoms with van der Waals surface area (Å²) in [6, 6.07) is 7.50. The maximum atomic E-state index is 12.1. The Labute approximate surface area is 104 Å². The van der Waals surface area contributed by atoms with Gasteiger partial charge >= 0.3 is 0 Å². The first kappa shape index (κ1) is 13.6. The number of nitrogen functional groups attached to an aromatic ring is 1. The van der Waals surface area contributed by atoms with E-state index in [1.54, 1.807) is 0 Å². The van der Waals surface area contributed by atoms with Gasteiger partial charge in [0.25, 0.3) is 0 Å². The largest absolute Gasteiger partial charge is 0.399 e. The lowest BCUT2D eigenvalue weighted by atomic mass is 10.1. The van der Waals surface area contributed by atoms with Gasteiger partial charge in [0.1, 0.15) is 0 Å². The summed E-state index contributed by atoms with van der Waals surface area (Å²) in [7, 11) is 0. The van der Waals surface area contributed by atoms with Gasteiger partial charge in [-0.25, -0.2) is 0 Å². The van der Waals surface area contributed by atoms with E-state index in [0.29, 0.717) is 12.3 Å². The smallest absolute Gasteiger partial charge is 0.226 e. The van der Waals surface area contributed by atoms with Crippen molar-refractivity contribution in [1.29, 1.82) is 0 Å². The molecule has 2 N–H and O–H groups in total. The highest BCUT2D eigenvalue weighted by Gasteiger charge is 2.13. The van der Waals surface area contributed by atoms with Crippen LogP contribution in [-0.4, -0.2) is 23.9 Å². The molecule has 0 fully saturated rings. The van der Waals surface area contributed by atoms with E-state index in [1.807, 2.05) is 36.1 Å². The molecule has 0 aromatic heterocycles. The molecular weight excluding hydrogens is 212 g/mol. The molecule has 1 aromatic carbocycles. The molecule has 0 unspecified atom stereocenters. The average molecular weight is 234 g/mol. The average Bonchev–Trinajstić information content (AvgIpc) is 2.28. The lowest BCUT2D eigenvalue weighted by molar-refractivity contribution is -0.130. The molecular formula is C14H22N2O. The van der Waals surface area contributed by atoms with Gasteiger partial charge in [0.15, 0.2) is 0 Å². The third-order valence-corrected chi connectivity index (χ3v) is 2.66. The van der Waals surface area contributed by atoms with Crippen molar-refractivity contribution < 1.29 is 4.79 Å². The first-order valence-electron chi connectivity index (χ1n) is 6.15. The zero-order valence-corrected chi connectivity index (χ0v) is 10.9. The van der Waals surface area contributed by atoms with Gasteiger partial charge in [0.05, 0.1) is 6.42 Å². The first-order chi connectivity index (χ1) is 8.02. The van der Waals surface area contributed by atoms with Crippen LogP contribution in [0.1, 0.15) is 26.3 Å². The second kappa shape index (κ2) is 6.28. The normalized spacial score (nSPS) is 10.6. The van der Waals surface area contributed by atoms with Crippen molar-refractivity contribution in [3.05, 3.63) is 29.8 Å². The van der Waals surface area contributed by atoms with E-state index >= 15 is 0 Å². The number of benzene rings is 1. The maximum Gasteiger partial charge on any atom is 0.226 e. The summed E-state index contributed by atoms with van der Waals surface area (Å²) in [6.07, 6.45) is 0.459. The fraction of sp³-hybridized carbons (Fsp3) is 0.500. The summed E-state index contributed by atoms with van der Waals surface area (Å²) in [6.45, 7) is 7.86. The monoisotopic (exact) mass is 234 g/mol. The topological polar surface area (TPSA) is 46.3 Å². The molecule has 0 spiro atoms. The molecule has 94 valence electrons. The van der Waals surface area contributed by atoms with Gasteiger partial charge < -0.3 is 10.6 Å². The maximum absolute atomic E-state index is 12.1. The summed E-state index contributed by atoms with van der Waals surface area (Å²) in [5.74, 6) is 0.691. The minimum Gasteiger partial charge on any atom is -0.399 e. The van der Waals surface area contributed by atoms with Crippen molar-refractivity contribution in [1.82, 2.24) is 4.90 Å². The van der Waals surface area contributed by atoms with Crippen LogP contribution in [0.3, 0.4) is 0 Å². The van der Waals surface area contributed by atoms with Gasteiger partial charge in [0.2, 0.25) is 5.91 Å². The van der Waals surface area contributed by atoms with Crippen LogP contribution in [0.25, 0.3) is 0 Å². The highest BCUT2D eigenvalue weighted by atomic mass is 16.2. The highest BCUT2D eigenvalue weighted by Crippen LogP contribution is 2.08. The number of rotatable bonds is 5. The van der Waals surface area contributed by atoms with Crippen molar-refractivity contribution >= 4 is 11.6 Å². The van der Waals surface area contributed by atoms with E-state index in [4.69, 9.17) is 5.73 Å². The van der Waals surface area contributed by atoms with Crippen molar-refractivity contribution in [2.24, 2.45) is 5.92 Å². The predicted octanol–water partition coefficient (Wildman–Crippen LogP) is 2.32.